The van der Waals surface area contributed by atoms with Crippen LogP contribution in [0.4, 0.5) is 0 Å². The molecule has 2 aromatic carbocycles. The van der Waals surface area contributed by atoms with Crippen molar-refractivity contribution in [1.29, 1.82) is 0 Å². The van der Waals surface area contributed by atoms with E-state index in [0.717, 1.165) is 0 Å². The molecule has 1 atom stereocenters. The van der Waals surface area contributed by atoms with E-state index in [9.17, 15) is 4.79 Å². The first kappa shape index (κ1) is 19.2. The van der Waals surface area contributed by atoms with Gasteiger partial charge in [0.2, 0.25) is 0 Å². The first-order valence-electron chi connectivity index (χ1n) is 7.66. The maximum Gasteiger partial charge on any atom is 0.260 e. The molecule has 25 heavy (non-hydrogen) atoms. The van der Waals surface area contributed by atoms with Gasteiger partial charge in [0, 0.05) is 6.07 Å². The Morgan fingerprint density at radius 2 is 1.84 bits per heavy atom. The van der Waals surface area contributed by atoms with Crippen LogP contribution in [0.3, 0.4) is 0 Å². The summed E-state index contributed by atoms with van der Waals surface area (Å²) in [7, 11) is 1.58. The lowest BCUT2D eigenvalue weighted by atomic mass is 10.3. The minimum Gasteiger partial charge on any atom is -0.493 e. The number of methoxy groups -OCH3 is 1. The summed E-state index contributed by atoms with van der Waals surface area (Å²) >= 11 is 11.8. The fraction of sp³-hybridized carbons (Fsp3) is 0.278. The van der Waals surface area contributed by atoms with Crippen molar-refractivity contribution in [1.82, 2.24) is 5.32 Å². The van der Waals surface area contributed by atoms with Crippen molar-refractivity contribution in [2.45, 2.75) is 13.0 Å². The van der Waals surface area contributed by atoms with Crippen molar-refractivity contribution < 1.29 is 19.0 Å². The lowest BCUT2D eigenvalue weighted by Crippen LogP contribution is -2.38. The summed E-state index contributed by atoms with van der Waals surface area (Å²) in [5.74, 6) is 1.49. The summed E-state index contributed by atoms with van der Waals surface area (Å²) in [5, 5.41) is 3.55. The van der Waals surface area contributed by atoms with Gasteiger partial charge in [0.25, 0.3) is 5.91 Å². The van der Waals surface area contributed by atoms with Gasteiger partial charge in [0.1, 0.15) is 12.4 Å². The van der Waals surface area contributed by atoms with E-state index in [0.29, 0.717) is 40.4 Å². The lowest BCUT2D eigenvalue weighted by Gasteiger charge is -2.15. The van der Waals surface area contributed by atoms with Crippen LogP contribution in [0, 0.1) is 0 Å². The third-order valence-electron chi connectivity index (χ3n) is 3.30. The Balaban J connectivity index is 1.76. The maximum absolute atomic E-state index is 12.1. The van der Waals surface area contributed by atoms with Gasteiger partial charge >= 0.3 is 0 Å². The van der Waals surface area contributed by atoms with Gasteiger partial charge in [-0.25, -0.2) is 0 Å². The van der Waals surface area contributed by atoms with Crippen LogP contribution < -0.4 is 19.5 Å². The Morgan fingerprint density at radius 3 is 2.52 bits per heavy atom. The molecule has 5 nitrogen and oxygen atoms in total. The smallest absolute Gasteiger partial charge is 0.260 e. The molecular weight excluding hydrogens is 365 g/mol. The van der Waals surface area contributed by atoms with E-state index in [4.69, 9.17) is 37.4 Å². The number of amides is 1. The number of halogens is 2. The summed E-state index contributed by atoms with van der Waals surface area (Å²) in [4.78, 5) is 12.1. The number of hydrogen-bond donors (Lipinski definition) is 1. The summed E-state index contributed by atoms with van der Waals surface area (Å²) < 4.78 is 16.3. The molecule has 7 heteroatoms. The molecule has 0 fully saturated rings. The number of rotatable bonds is 8. The average molecular weight is 384 g/mol. The SMILES string of the molecule is COc1ccccc1OCCNC(=O)C(C)Oc1ccc(Cl)c(Cl)c1. The van der Waals surface area contributed by atoms with Crippen molar-refractivity contribution >= 4 is 29.1 Å². The molecule has 2 rings (SSSR count). The van der Waals surface area contributed by atoms with Gasteiger partial charge in [-0.1, -0.05) is 35.3 Å². The maximum atomic E-state index is 12.1. The van der Waals surface area contributed by atoms with E-state index in [-0.39, 0.29) is 5.91 Å². The van der Waals surface area contributed by atoms with Crippen molar-refractivity contribution in [2.24, 2.45) is 0 Å². The largest absolute Gasteiger partial charge is 0.493 e. The molecule has 1 amide bonds. The number of nitrogens with one attached hydrogen (secondary N) is 1. The lowest BCUT2D eigenvalue weighted by molar-refractivity contribution is -0.127. The summed E-state index contributed by atoms with van der Waals surface area (Å²) in [6.45, 7) is 2.30. The number of ether oxygens (including phenoxy) is 3. The number of hydrogen-bond acceptors (Lipinski definition) is 4. The molecule has 134 valence electrons. The number of benzene rings is 2. The van der Waals surface area contributed by atoms with Crippen molar-refractivity contribution in [3.63, 3.8) is 0 Å². The van der Waals surface area contributed by atoms with E-state index < -0.39 is 6.10 Å². The minimum atomic E-state index is -0.677. The van der Waals surface area contributed by atoms with Crippen LogP contribution in [-0.2, 0) is 4.79 Å². The van der Waals surface area contributed by atoms with Crippen LogP contribution in [-0.4, -0.2) is 32.3 Å². The first-order chi connectivity index (χ1) is 12.0. The van der Waals surface area contributed by atoms with Gasteiger partial charge in [0.15, 0.2) is 17.6 Å². The second kappa shape index (κ2) is 9.39. The first-order valence-corrected chi connectivity index (χ1v) is 8.42. The molecule has 2 aromatic rings. The Morgan fingerprint density at radius 1 is 1.12 bits per heavy atom. The molecule has 0 bridgehead atoms. The van der Waals surface area contributed by atoms with Crippen LogP contribution in [0.15, 0.2) is 42.5 Å². The summed E-state index contributed by atoms with van der Waals surface area (Å²) in [6.07, 6.45) is -0.677. The molecular formula is C18H19Cl2NO4. The van der Waals surface area contributed by atoms with Crippen LogP contribution in [0.1, 0.15) is 6.92 Å². The number of para-hydroxylation sites is 2. The van der Waals surface area contributed by atoms with Crippen LogP contribution in [0.5, 0.6) is 17.2 Å². The third-order valence-corrected chi connectivity index (χ3v) is 4.04. The summed E-state index contributed by atoms with van der Waals surface area (Å²) in [6, 6.07) is 12.2. The molecule has 1 unspecified atom stereocenters. The normalized spacial score (nSPS) is 11.5. The Bertz CT molecular complexity index is 724. The fourth-order valence-corrected chi connectivity index (χ4v) is 2.31. The Kier molecular flexibility index (Phi) is 7.22. The van der Waals surface area contributed by atoms with Crippen molar-refractivity contribution in [3.8, 4) is 17.2 Å². The molecule has 0 heterocycles. The molecule has 0 aliphatic rings. The quantitative estimate of drug-likeness (QED) is 0.700. The van der Waals surface area contributed by atoms with E-state index in [1.165, 1.54) is 0 Å². The number of carbonyl (C=O) groups excluding carboxylic acids is 1. The molecule has 1 N–H and O–H groups in total. The molecule has 0 radical (unpaired) electrons. The zero-order chi connectivity index (χ0) is 18.2. The highest BCUT2D eigenvalue weighted by Gasteiger charge is 2.15. The molecule has 0 spiro atoms. The third kappa shape index (κ3) is 5.73. The zero-order valence-electron chi connectivity index (χ0n) is 13.9. The minimum absolute atomic E-state index is 0.255. The molecule has 0 aliphatic carbocycles. The molecule has 0 aromatic heterocycles. The standard InChI is InChI=1S/C18H19Cl2NO4/c1-12(25-13-7-8-14(19)15(20)11-13)18(22)21-9-10-24-17-6-4-3-5-16(17)23-2/h3-8,11-12H,9-10H2,1-2H3,(H,21,22). The van der Waals surface area contributed by atoms with Crippen LogP contribution >= 0.6 is 23.2 Å². The van der Waals surface area contributed by atoms with Crippen molar-refractivity contribution in [3.05, 3.63) is 52.5 Å². The van der Waals surface area contributed by atoms with E-state index in [1.54, 1.807) is 44.4 Å². The van der Waals surface area contributed by atoms with Gasteiger partial charge in [-0.05, 0) is 31.2 Å². The van der Waals surface area contributed by atoms with Gasteiger partial charge in [0.05, 0.1) is 23.7 Å². The molecule has 0 saturated carbocycles. The highest BCUT2D eigenvalue weighted by Crippen LogP contribution is 2.27. The Labute approximate surface area is 156 Å². The van der Waals surface area contributed by atoms with Gasteiger partial charge in [-0.15, -0.1) is 0 Å². The van der Waals surface area contributed by atoms with Crippen LogP contribution in [0.2, 0.25) is 10.0 Å². The Hall–Kier alpha value is -2.11. The average Bonchev–Trinajstić information content (AvgIpc) is 2.62. The van der Waals surface area contributed by atoms with Gasteiger partial charge < -0.3 is 19.5 Å². The highest BCUT2D eigenvalue weighted by atomic mass is 35.5. The second-order valence-electron chi connectivity index (χ2n) is 5.13. The molecule has 0 saturated heterocycles. The monoisotopic (exact) mass is 383 g/mol. The van der Waals surface area contributed by atoms with Crippen LogP contribution in [0.25, 0.3) is 0 Å². The number of carbonyl (C=O) groups is 1. The second-order valence-corrected chi connectivity index (χ2v) is 5.94. The van der Waals surface area contributed by atoms with Gasteiger partial charge in [-0.3, -0.25) is 4.79 Å². The van der Waals surface area contributed by atoms with Crippen molar-refractivity contribution in [2.75, 3.05) is 20.3 Å². The van der Waals surface area contributed by atoms with Gasteiger partial charge in [-0.2, -0.15) is 0 Å². The van der Waals surface area contributed by atoms with E-state index >= 15 is 0 Å². The fourth-order valence-electron chi connectivity index (χ4n) is 2.02. The predicted molar refractivity (Wildman–Crippen MR) is 98.1 cm³/mol. The van der Waals surface area contributed by atoms with E-state index in [2.05, 4.69) is 5.32 Å². The summed E-state index contributed by atoms with van der Waals surface area (Å²) in [5.41, 5.74) is 0. The topological polar surface area (TPSA) is 56.8 Å². The molecule has 0 aliphatic heterocycles. The van der Waals surface area contributed by atoms with E-state index in [1.807, 2.05) is 12.1 Å². The highest BCUT2D eigenvalue weighted by molar-refractivity contribution is 6.42. The predicted octanol–water partition coefficient (Wildman–Crippen LogP) is 3.96. The zero-order valence-corrected chi connectivity index (χ0v) is 15.4.